The second kappa shape index (κ2) is 6.29. The van der Waals surface area contributed by atoms with Crippen molar-refractivity contribution >= 4 is 27.6 Å². The molecule has 1 rings (SSSR count). The minimum atomic E-state index is -4.03. The first-order chi connectivity index (χ1) is 9.46. The Morgan fingerprint density at radius 2 is 1.95 bits per heavy atom. The van der Waals surface area contributed by atoms with Crippen LogP contribution in [0.4, 0.5) is 4.39 Å². The first kappa shape index (κ1) is 17.9. The SMILES string of the molecule is CC(C)(C)N(CCC(=O)O)S(=O)(=O)c1ccc(F)cc1Cl. The van der Waals surface area contributed by atoms with E-state index in [1.54, 1.807) is 20.8 Å². The van der Waals surface area contributed by atoms with E-state index in [1.165, 1.54) is 0 Å². The van der Waals surface area contributed by atoms with Crippen LogP contribution < -0.4 is 0 Å². The maximum Gasteiger partial charge on any atom is 0.304 e. The van der Waals surface area contributed by atoms with Crippen LogP contribution in [-0.4, -0.2) is 35.9 Å². The van der Waals surface area contributed by atoms with Gasteiger partial charge in [-0.3, -0.25) is 4.79 Å². The number of nitrogens with zero attached hydrogens (tertiary/aromatic N) is 1. The molecule has 0 saturated heterocycles. The lowest BCUT2D eigenvalue weighted by molar-refractivity contribution is -0.137. The molecule has 0 aliphatic rings. The van der Waals surface area contributed by atoms with Gasteiger partial charge in [0.05, 0.1) is 11.4 Å². The highest BCUT2D eigenvalue weighted by molar-refractivity contribution is 7.89. The van der Waals surface area contributed by atoms with Gasteiger partial charge in [0, 0.05) is 12.1 Å². The number of aliphatic carboxylic acids is 1. The highest BCUT2D eigenvalue weighted by atomic mass is 35.5. The van der Waals surface area contributed by atoms with Crippen molar-refractivity contribution in [2.75, 3.05) is 6.54 Å². The third kappa shape index (κ3) is 4.39. The molecule has 1 N–H and O–H groups in total. The summed E-state index contributed by atoms with van der Waals surface area (Å²) in [4.78, 5) is 10.5. The number of carbonyl (C=O) groups is 1. The zero-order chi connectivity index (χ0) is 16.4. The summed E-state index contributed by atoms with van der Waals surface area (Å²) >= 11 is 5.81. The van der Waals surface area contributed by atoms with Crippen LogP contribution in [0.15, 0.2) is 23.1 Å². The van der Waals surface area contributed by atoms with Gasteiger partial charge in [0.15, 0.2) is 0 Å². The van der Waals surface area contributed by atoms with E-state index in [0.29, 0.717) is 0 Å². The van der Waals surface area contributed by atoms with Crippen molar-refractivity contribution in [1.82, 2.24) is 4.31 Å². The highest BCUT2D eigenvalue weighted by Crippen LogP contribution is 2.29. The Kier molecular flexibility index (Phi) is 5.35. The molecule has 0 atom stereocenters. The third-order valence-electron chi connectivity index (χ3n) is 2.74. The Morgan fingerprint density at radius 3 is 2.38 bits per heavy atom. The van der Waals surface area contributed by atoms with Crippen LogP contribution in [0.3, 0.4) is 0 Å². The van der Waals surface area contributed by atoms with Crippen molar-refractivity contribution in [3.63, 3.8) is 0 Å². The molecular formula is C13H17ClFNO4S. The molecule has 0 heterocycles. The lowest BCUT2D eigenvalue weighted by Gasteiger charge is -2.34. The smallest absolute Gasteiger partial charge is 0.304 e. The molecule has 21 heavy (non-hydrogen) atoms. The van der Waals surface area contributed by atoms with Crippen LogP contribution in [0.1, 0.15) is 27.2 Å². The Bertz CT molecular complexity index is 640. The average molecular weight is 338 g/mol. The Labute approximate surface area is 128 Å². The summed E-state index contributed by atoms with van der Waals surface area (Å²) in [5.41, 5.74) is -0.841. The normalized spacial score (nSPS) is 12.7. The Morgan fingerprint density at radius 1 is 1.38 bits per heavy atom. The molecule has 0 bridgehead atoms. The van der Waals surface area contributed by atoms with Crippen molar-refractivity contribution in [3.05, 3.63) is 29.0 Å². The predicted octanol–water partition coefficient (Wildman–Crippen LogP) is 2.74. The van der Waals surface area contributed by atoms with E-state index in [-0.39, 0.29) is 22.9 Å². The first-order valence-electron chi connectivity index (χ1n) is 6.16. The predicted molar refractivity (Wildman–Crippen MR) is 77.3 cm³/mol. The van der Waals surface area contributed by atoms with E-state index < -0.39 is 27.3 Å². The minimum absolute atomic E-state index is 0.200. The van der Waals surface area contributed by atoms with Gasteiger partial charge in [-0.05, 0) is 39.0 Å². The van der Waals surface area contributed by atoms with Crippen LogP contribution in [0.25, 0.3) is 0 Å². The van der Waals surface area contributed by atoms with Crippen LogP contribution in [0.2, 0.25) is 5.02 Å². The lowest BCUT2D eigenvalue weighted by atomic mass is 10.1. The number of rotatable bonds is 5. The fourth-order valence-corrected chi connectivity index (χ4v) is 4.11. The molecule has 118 valence electrons. The summed E-state index contributed by atoms with van der Waals surface area (Å²) in [5.74, 6) is -1.75. The van der Waals surface area contributed by atoms with Gasteiger partial charge in [-0.25, -0.2) is 12.8 Å². The number of hydrogen-bond acceptors (Lipinski definition) is 3. The molecule has 8 heteroatoms. The summed E-state index contributed by atoms with van der Waals surface area (Å²) in [5, 5.41) is 8.52. The fourth-order valence-electron chi connectivity index (χ4n) is 1.82. The molecule has 0 aliphatic heterocycles. The van der Waals surface area contributed by atoms with Gasteiger partial charge in [-0.15, -0.1) is 0 Å². The summed E-state index contributed by atoms with van der Waals surface area (Å²) in [6.07, 6.45) is -0.338. The van der Waals surface area contributed by atoms with Gasteiger partial charge < -0.3 is 5.11 Å². The van der Waals surface area contributed by atoms with E-state index >= 15 is 0 Å². The van der Waals surface area contributed by atoms with Gasteiger partial charge in [0.2, 0.25) is 10.0 Å². The van der Waals surface area contributed by atoms with E-state index in [2.05, 4.69) is 0 Å². The number of hydrogen-bond donors (Lipinski definition) is 1. The maximum absolute atomic E-state index is 13.1. The van der Waals surface area contributed by atoms with Crippen LogP contribution in [0.5, 0.6) is 0 Å². The molecule has 0 saturated carbocycles. The second-order valence-electron chi connectivity index (χ2n) is 5.47. The Hall–Kier alpha value is -1.18. The lowest BCUT2D eigenvalue weighted by Crippen LogP contribution is -2.46. The molecule has 1 aromatic rings. The fraction of sp³-hybridized carbons (Fsp3) is 0.462. The molecule has 0 radical (unpaired) electrons. The Balaban J connectivity index is 3.30. The number of benzene rings is 1. The third-order valence-corrected chi connectivity index (χ3v) is 5.39. The monoisotopic (exact) mass is 337 g/mol. The first-order valence-corrected chi connectivity index (χ1v) is 7.98. The van der Waals surface area contributed by atoms with Crippen LogP contribution in [0, 0.1) is 5.82 Å². The zero-order valence-corrected chi connectivity index (χ0v) is 13.5. The summed E-state index contributed by atoms with van der Waals surface area (Å²) < 4.78 is 39.4. The zero-order valence-electron chi connectivity index (χ0n) is 11.9. The minimum Gasteiger partial charge on any atom is -0.481 e. The summed E-state index contributed by atoms with van der Waals surface area (Å²) in [6.45, 7) is 4.73. The van der Waals surface area contributed by atoms with Crippen LogP contribution >= 0.6 is 11.6 Å². The number of sulfonamides is 1. The topological polar surface area (TPSA) is 74.7 Å². The quantitative estimate of drug-likeness (QED) is 0.896. The van der Waals surface area contributed by atoms with Crippen molar-refractivity contribution in [1.29, 1.82) is 0 Å². The van der Waals surface area contributed by atoms with Gasteiger partial charge in [-0.1, -0.05) is 11.6 Å². The number of halogens is 2. The van der Waals surface area contributed by atoms with Gasteiger partial charge in [-0.2, -0.15) is 4.31 Å². The molecule has 0 aliphatic carbocycles. The summed E-state index contributed by atoms with van der Waals surface area (Å²) in [6, 6.07) is 2.98. The molecule has 0 amide bonds. The average Bonchev–Trinajstić information content (AvgIpc) is 2.25. The van der Waals surface area contributed by atoms with Crippen molar-refractivity contribution in [3.8, 4) is 0 Å². The molecule has 0 aromatic heterocycles. The van der Waals surface area contributed by atoms with E-state index in [1.807, 2.05) is 0 Å². The van der Waals surface area contributed by atoms with E-state index in [9.17, 15) is 17.6 Å². The number of carboxylic acid groups (broad SMARTS) is 1. The maximum atomic E-state index is 13.1. The van der Waals surface area contributed by atoms with Crippen molar-refractivity contribution in [2.45, 2.75) is 37.6 Å². The van der Waals surface area contributed by atoms with Gasteiger partial charge in [0.1, 0.15) is 10.7 Å². The van der Waals surface area contributed by atoms with E-state index in [0.717, 1.165) is 22.5 Å². The standard InChI is InChI=1S/C13H17ClFNO4S/c1-13(2,3)16(7-6-12(17)18)21(19,20)11-5-4-9(15)8-10(11)14/h4-5,8H,6-7H2,1-3H3,(H,17,18). The van der Waals surface area contributed by atoms with Crippen molar-refractivity contribution < 1.29 is 22.7 Å². The van der Waals surface area contributed by atoms with Crippen LogP contribution in [-0.2, 0) is 14.8 Å². The largest absolute Gasteiger partial charge is 0.481 e. The van der Waals surface area contributed by atoms with Crippen molar-refractivity contribution in [2.24, 2.45) is 0 Å². The van der Waals surface area contributed by atoms with E-state index in [4.69, 9.17) is 16.7 Å². The number of carboxylic acids is 1. The molecule has 0 fully saturated rings. The highest BCUT2D eigenvalue weighted by Gasteiger charge is 2.35. The molecule has 5 nitrogen and oxygen atoms in total. The molecule has 1 aromatic carbocycles. The van der Waals surface area contributed by atoms with Gasteiger partial charge >= 0.3 is 5.97 Å². The molecular weight excluding hydrogens is 321 g/mol. The molecule has 0 spiro atoms. The summed E-state index contributed by atoms with van der Waals surface area (Å²) in [7, 11) is -4.03. The van der Waals surface area contributed by atoms with Gasteiger partial charge in [0.25, 0.3) is 0 Å². The second-order valence-corrected chi connectivity index (χ2v) is 7.70. The molecule has 0 unspecified atom stereocenters.